The van der Waals surface area contributed by atoms with Crippen LogP contribution >= 0.6 is 0 Å². The Hall–Kier alpha value is -3.41. The summed E-state index contributed by atoms with van der Waals surface area (Å²) in [7, 11) is -3.80. The number of carbonyl (C=O) groups excluding carboxylic acids is 1. The van der Waals surface area contributed by atoms with Gasteiger partial charge in [-0.15, -0.1) is 0 Å². The Balaban J connectivity index is 1.64. The summed E-state index contributed by atoms with van der Waals surface area (Å²) < 4.78 is 84.5. The second kappa shape index (κ2) is 9.23. The molecule has 36 heavy (non-hydrogen) atoms. The van der Waals surface area contributed by atoms with Crippen molar-refractivity contribution >= 4 is 15.7 Å². The SMILES string of the molecule is CC(Oc1ccc(S(=O)(=O)C(C)C)cc1C(=O)N1Cc2cn(-c3ccc(F)cc3)nc2C1)C(F)(F)F. The van der Waals surface area contributed by atoms with Crippen LogP contribution in [-0.2, 0) is 22.9 Å². The summed E-state index contributed by atoms with van der Waals surface area (Å²) in [4.78, 5) is 14.6. The van der Waals surface area contributed by atoms with Gasteiger partial charge in [0.05, 0.1) is 33.6 Å². The lowest BCUT2D eigenvalue weighted by atomic mass is 10.1. The van der Waals surface area contributed by atoms with E-state index in [1.165, 1.54) is 30.9 Å². The number of hydrogen-bond acceptors (Lipinski definition) is 5. The van der Waals surface area contributed by atoms with Gasteiger partial charge in [0.25, 0.3) is 5.91 Å². The van der Waals surface area contributed by atoms with Gasteiger partial charge in [0.2, 0.25) is 0 Å². The summed E-state index contributed by atoms with van der Waals surface area (Å²) in [6.45, 7) is 3.89. The molecular formula is C24H23F4N3O4S. The Bertz CT molecular complexity index is 1380. The molecular weight excluding hydrogens is 502 g/mol. The number of aromatic nitrogens is 2. The van der Waals surface area contributed by atoms with E-state index in [2.05, 4.69) is 5.10 Å². The average molecular weight is 526 g/mol. The van der Waals surface area contributed by atoms with Gasteiger partial charge in [-0.25, -0.2) is 17.5 Å². The average Bonchev–Trinajstić information content (AvgIpc) is 3.38. The zero-order chi connectivity index (χ0) is 26.4. The van der Waals surface area contributed by atoms with Crippen molar-refractivity contribution in [2.24, 2.45) is 0 Å². The molecule has 1 unspecified atom stereocenters. The molecule has 0 spiro atoms. The third kappa shape index (κ3) is 4.95. The molecule has 1 atom stereocenters. The first-order chi connectivity index (χ1) is 16.8. The van der Waals surface area contributed by atoms with Gasteiger partial charge in [0.15, 0.2) is 15.9 Å². The van der Waals surface area contributed by atoms with Gasteiger partial charge < -0.3 is 9.64 Å². The van der Waals surface area contributed by atoms with Crippen LogP contribution in [0.15, 0.2) is 53.6 Å². The fourth-order valence-electron chi connectivity index (χ4n) is 3.68. The van der Waals surface area contributed by atoms with Crippen LogP contribution in [-0.4, -0.2) is 46.5 Å². The molecule has 0 bridgehead atoms. The van der Waals surface area contributed by atoms with Gasteiger partial charge in [-0.1, -0.05) is 0 Å². The number of rotatable bonds is 6. The molecule has 0 saturated heterocycles. The molecule has 0 N–H and O–H groups in total. The van der Waals surface area contributed by atoms with Crippen LogP contribution in [0.5, 0.6) is 5.75 Å². The molecule has 1 aliphatic heterocycles. The monoisotopic (exact) mass is 525 g/mol. The number of benzene rings is 2. The topological polar surface area (TPSA) is 81.5 Å². The third-order valence-electron chi connectivity index (χ3n) is 5.85. The maximum absolute atomic E-state index is 13.4. The van der Waals surface area contributed by atoms with E-state index in [-0.39, 0.29) is 29.3 Å². The highest BCUT2D eigenvalue weighted by Gasteiger charge is 2.39. The molecule has 2 heterocycles. The summed E-state index contributed by atoms with van der Waals surface area (Å²) in [5.41, 5.74) is 1.59. The predicted octanol–water partition coefficient (Wildman–Crippen LogP) is 4.68. The van der Waals surface area contributed by atoms with E-state index in [4.69, 9.17) is 4.74 Å². The zero-order valence-electron chi connectivity index (χ0n) is 19.6. The maximum atomic E-state index is 13.4. The van der Waals surface area contributed by atoms with Gasteiger partial charge in [0, 0.05) is 18.3 Å². The van der Waals surface area contributed by atoms with Crippen LogP contribution < -0.4 is 4.74 Å². The van der Waals surface area contributed by atoms with Crippen LogP contribution in [0.1, 0.15) is 42.4 Å². The number of sulfone groups is 1. The number of ether oxygens (including phenoxy) is 1. The number of halogens is 4. The highest BCUT2D eigenvalue weighted by molar-refractivity contribution is 7.92. The fourth-order valence-corrected chi connectivity index (χ4v) is 4.76. The van der Waals surface area contributed by atoms with Crippen LogP contribution in [0.25, 0.3) is 5.69 Å². The van der Waals surface area contributed by atoms with Gasteiger partial charge in [-0.3, -0.25) is 4.79 Å². The molecule has 0 aliphatic carbocycles. The number of nitrogens with zero attached hydrogens (tertiary/aromatic N) is 3. The molecule has 1 aliphatic rings. The van der Waals surface area contributed by atoms with Crippen LogP contribution in [0.2, 0.25) is 0 Å². The van der Waals surface area contributed by atoms with E-state index < -0.39 is 39.1 Å². The minimum absolute atomic E-state index is 0.0534. The second-order valence-corrected chi connectivity index (χ2v) is 11.2. The smallest absolute Gasteiger partial charge is 0.425 e. The molecule has 0 radical (unpaired) electrons. The van der Waals surface area contributed by atoms with Gasteiger partial charge in [0.1, 0.15) is 11.6 Å². The fraction of sp³-hybridized carbons (Fsp3) is 0.333. The molecule has 7 nitrogen and oxygen atoms in total. The lowest BCUT2D eigenvalue weighted by molar-refractivity contribution is -0.189. The zero-order valence-corrected chi connectivity index (χ0v) is 20.4. The lowest BCUT2D eigenvalue weighted by Crippen LogP contribution is -2.33. The molecule has 4 rings (SSSR count). The van der Waals surface area contributed by atoms with E-state index in [9.17, 15) is 30.8 Å². The Morgan fingerprint density at radius 3 is 2.31 bits per heavy atom. The van der Waals surface area contributed by atoms with Gasteiger partial charge in [-0.2, -0.15) is 18.3 Å². The molecule has 12 heteroatoms. The Kier molecular flexibility index (Phi) is 6.58. The van der Waals surface area contributed by atoms with Crippen LogP contribution in [0.4, 0.5) is 17.6 Å². The van der Waals surface area contributed by atoms with E-state index in [1.807, 2.05) is 0 Å². The summed E-state index contributed by atoms with van der Waals surface area (Å²) in [6.07, 6.45) is -5.22. The minimum Gasteiger partial charge on any atom is -0.480 e. The first-order valence-electron chi connectivity index (χ1n) is 11.0. The van der Waals surface area contributed by atoms with E-state index in [0.717, 1.165) is 25.1 Å². The van der Waals surface area contributed by atoms with Crippen molar-refractivity contribution in [2.75, 3.05) is 0 Å². The van der Waals surface area contributed by atoms with Gasteiger partial charge in [-0.05, 0) is 63.2 Å². The number of fused-ring (bicyclic) bond motifs is 1. The molecule has 0 saturated carbocycles. The van der Waals surface area contributed by atoms with E-state index >= 15 is 0 Å². The first-order valence-corrected chi connectivity index (χ1v) is 12.6. The molecule has 1 aromatic heterocycles. The Labute approximate surface area is 205 Å². The lowest BCUT2D eigenvalue weighted by Gasteiger charge is -2.22. The standard InChI is InChI=1S/C24H23F4N3O4S/c1-14(2)36(33,34)19-8-9-22(35-15(3)24(26,27)28)20(10-19)23(32)30-11-16-12-31(29-21(16)13-30)18-6-4-17(25)5-7-18/h4-10,12,14-15H,11,13H2,1-3H3. The van der Waals surface area contributed by atoms with E-state index in [1.54, 1.807) is 23.0 Å². The van der Waals surface area contributed by atoms with Crippen molar-refractivity contribution in [1.29, 1.82) is 0 Å². The molecule has 3 aromatic rings. The van der Waals surface area contributed by atoms with Crippen molar-refractivity contribution < 1.29 is 35.5 Å². The summed E-state index contributed by atoms with van der Waals surface area (Å²) in [5, 5.41) is 3.62. The summed E-state index contributed by atoms with van der Waals surface area (Å²) >= 11 is 0. The quantitative estimate of drug-likeness (QED) is 0.437. The number of carbonyl (C=O) groups is 1. The van der Waals surface area contributed by atoms with Crippen LogP contribution in [0.3, 0.4) is 0 Å². The third-order valence-corrected chi connectivity index (χ3v) is 8.00. The largest absolute Gasteiger partial charge is 0.480 e. The molecule has 2 aromatic carbocycles. The summed E-state index contributed by atoms with van der Waals surface area (Å²) in [6, 6.07) is 8.95. The number of amides is 1. The highest BCUT2D eigenvalue weighted by Crippen LogP contribution is 2.33. The maximum Gasteiger partial charge on any atom is 0.425 e. The highest BCUT2D eigenvalue weighted by atomic mass is 32.2. The Morgan fingerprint density at radius 2 is 1.72 bits per heavy atom. The summed E-state index contributed by atoms with van der Waals surface area (Å²) in [5.74, 6) is -1.45. The number of alkyl halides is 3. The number of hydrogen-bond donors (Lipinski definition) is 0. The van der Waals surface area contributed by atoms with E-state index in [0.29, 0.717) is 16.9 Å². The molecule has 0 fully saturated rings. The second-order valence-electron chi connectivity index (χ2n) is 8.74. The van der Waals surface area contributed by atoms with Crippen molar-refractivity contribution in [3.63, 3.8) is 0 Å². The predicted molar refractivity (Wildman–Crippen MR) is 122 cm³/mol. The van der Waals surface area contributed by atoms with Crippen molar-refractivity contribution in [3.8, 4) is 11.4 Å². The van der Waals surface area contributed by atoms with Crippen molar-refractivity contribution in [2.45, 2.75) is 56.3 Å². The van der Waals surface area contributed by atoms with Crippen molar-refractivity contribution in [3.05, 3.63) is 71.3 Å². The molecule has 1 amide bonds. The molecule has 192 valence electrons. The normalized spacial score (nSPS) is 14.7. The Morgan fingerprint density at radius 1 is 1.06 bits per heavy atom. The minimum atomic E-state index is -4.68. The first kappa shape index (κ1) is 25.7. The van der Waals surface area contributed by atoms with Gasteiger partial charge >= 0.3 is 6.18 Å². The van der Waals surface area contributed by atoms with Crippen molar-refractivity contribution in [1.82, 2.24) is 14.7 Å². The van der Waals surface area contributed by atoms with Crippen LogP contribution in [0, 0.1) is 5.82 Å².